The standard InChI is InChI=1S/C22H28FN5O2/c1-15-5-2-3-10-27(15)14-21(29)25-17-8-9-19(23)20(11-17)26-22(30)16-12-24-28(13-16)18-6-4-7-18/h8-9,11-13,15,18H,2-7,10,14H2,1H3,(H,25,29)(H,26,30). The van der Waals surface area contributed by atoms with Gasteiger partial charge in [-0.2, -0.15) is 5.10 Å². The zero-order valence-electron chi connectivity index (χ0n) is 17.2. The van der Waals surface area contributed by atoms with Crippen molar-refractivity contribution in [2.75, 3.05) is 23.7 Å². The first-order chi connectivity index (χ1) is 14.5. The molecule has 160 valence electrons. The highest BCUT2D eigenvalue weighted by Crippen LogP contribution is 2.31. The molecular formula is C22H28FN5O2. The van der Waals surface area contributed by atoms with E-state index in [0.29, 0.717) is 29.9 Å². The number of carbonyl (C=O) groups excluding carboxylic acids is 2. The van der Waals surface area contributed by atoms with Gasteiger partial charge in [0.05, 0.1) is 30.0 Å². The minimum atomic E-state index is -0.558. The first kappa shape index (κ1) is 20.5. The Balaban J connectivity index is 1.38. The van der Waals surface area contributed by atoms with Crippen LogP contribution in [0.25, 0.3) is 0 Å². The SMILES string of the molecule is CC1CCCCN1CC(=O)Nc1ccc(F)c(NC(=O)c2cnn(C3CCC3)c2)c1. The molecule has 30 heavy (non-hydrogen) atoms. The number of piperidine rings is 1. The number of anilines is 2. The van der Waals surface area contributed by atoms with Crippen molar-refractivity contribution < 1.29 is 14.0 Å². The topological polar surface area (TPSA) is 79.3 Å². The summed E-state index contributed by atoms with van der Waals surface area (Å²) in [6, 6.07) is 4.92. The lowest BCUT2D eigenvalue weighted by molar-refractivity contribution is -0.118. The van der Waals surface area contributed by atoms with E-state index in [4.69, 9.17) is 0 Å². The average Bonchev–Trinajstić information content (AvgIpc) is 3.14. The molecule has 1 aromatic carbocycles. The van der Waals surface area contributed by atoms with Gasteiger partial charge in [0, 0.05) is 17.9 Å². The Bertz CT molecular complexity index is 924. The predicted octanol–water partition coefficient (Wildman–Crippen LogP) is 3.81. The van der Waals surface area contributed by atoms with Gasteiger partial charge in [-0.3, -0.25) is 19.2 Å². The number of halogens is 1. The fourth-order valence-electron chi connectivity index (χ4n) is 3.98. The van der Waals surface area contributed by atoms with Crippen LogP contribution in [0.3, 0.4) is 0 Å². The van der Waals surface area contributed by atoms with Gasteiger partial charge in [0.1, 0.15) is 5.82 Å². The third-order valence-corrected chi connectivity index (χ3v) is 6.10. The molecule has 1 atom stereocenters. The molecule has 2 N–H and O–H groups in total. The lowest BCUT2D eigenvalue weighted by Gasteiger charge is -2.32. The second-order valence-electron chi connectivity index (χ2n) is 8.31. The Morgan fingerprint density at radius 3 is 2.73 bits per heavy atom. The molecule has 1 aromatic heterocycles. The van der Waals surface area contributed by atoms with Crippen LogP contribution < -0.4 is 10.6 Å². The van der Waals surface area contributed by atoms with Crippen LogP contribution in [-0.2, 0) is 4.79 Å². The Morgan fingerprint density at radius 2 is 2.00 bits per heavy atom. The molecule has 1 unspecified atom stereocenters. The number of rotatable bonds is 6. The highest BCUT2D eigenvalue weighted by atomic mass is 19.1. The maximum atomic E-state index is 14.2. The van der Waals surface area contributed by atoms with E-state index >= 15 is 0 Å². The van der Waals surface area contributed by atoms with E-state index in [1.54, 1.807) is 10.9 Å². The number of amides is 2. The van der Waals surface area contributed by atoms with Crippen molar-refractivity contribution in [1.82, 2.24) is 14.7 Å². The highest BCUT2D eigenvalue weighted by Gasteiger charge is 2.22. The summed E-state index contributed by atoms with van der Waals surface area (Å²) < 4.78 is 16.0. The van der Waals surface area contributed by atoms with Crippen LogP contribution in [0.4, 0.5) is 15.8 Å². The molecule has 2 aromatic rings. The van der Waals surface area contributed by atoms with Gasteiger partial charge in [0.2, 0.25) is 5.91 Å². The minimum absolute atomic E-state index is 0.0283. The van der Waals surface area contributed by atoms with Crippen molar-refractivity contribution in [2.24, 2.45) is 0 Å². The molecule has 8 heteroatoms. The number of aromatic nitrogens is 2. The molecule has 7 nitrogen and oxygen atoms in total. The molecule has 0 bridgehead atoms. The summed E-state index contributed by atoms with van der Waals surface area (Å²) in [6.07, 6.45) is 9.88. The van der Waals surface area contributed by atoms with Crippen molar-refractivity contribution >= 4 is 23.2 Å². The van der Waals surface area contributed by atoms with E-state index in [1.807, 2.05) is 0 Å². The maximum absolute atomic E-state index is 14.2. The smallest absolute Gasteiger partial charge is 0.258 e. The lowest BCUT2D eigenvalue weighted by atomic mass is 9.93. The van der Waals surface area contributed by atoms with E-state index in [9.17, 15) is 14.0 Å². The van der Waals surface area contributed by atoms with Crippen LogP contribution in [-0.4, -0.2) is 45.6 Å². The molecule has 2 aliphatic rings. The number of nitrogens with zero attached hydrogens (tertiary/aromatic N) is 3. The van der Waals surface area contributed by atoms with Crippen LogP contribution in [0.15, 0.2) is 30.6 Å². The van der Waals surface area contributed by atoms with E-state index in [1.165, 1.54) is 37.2 Å². The van der Waals surface area contributed by atoms with Crippen molar-refractivity contribution in [2.45, 2.75) is 57.5 Å². The van der Waals surface area contributed by atoms with Gasteiger partial charge in [-0.1, -0.05) is 6.42 Å². The van der Waals surface area contributed by atoms with Gasteiger partial charge in [0.25, 0.3) is 5.91 Å². The van der Waals surface area contributed by atoms with Gasteiger partial charge in [-0.15, -0.1) is 0 Å². The third-order valence-electron chi connectivity index (χ3n) is 6.10. The highest BCUT2D eigenvalue weighted by molar-refractivity contribution is 6.04. The molecule has 0 spiro atoms. The van der Waals surface area contributed by atoms with E-state index in [2.05, 4.69) is 27.6 Å². The molecule has 4 rings (SSSR count). The van der Waals surface area contributed by atoms with Crippen molar-refractivity contribution in [3.63, 3.8) is 0 Å². The molecule has 2 heterocycles. The van der Waals surface area contributed by atoms with Crippen molar-refractivity contribution in [3.05, 3.63) is 42.0 Å². The first-order valence-electron chi connectivity index (χ1n) is 10.7. The summed E-state index contributed by atoms with van der Waals surface area (Å²) in [5, 5.41) is 9.64. The fourth-order valence-corrected chi connectivity index (χ4v) is 3.98. The van der Waals surface area contributed by atoms with E-state index in [-0.39, 0.29) is 11.6 Å². The Kier molecular flexibility index (Phi) is 6.13. The van der Waals surface area contributed by atoms with Crippen LogP contribution in [0.1, 0.15) is 61.8 Å². The van der Waals surface area contributed by atoms with Gasteiger partial charge in [-0.25, -0.2) is 4.39 Å². The molecule has 2 amide bonds. The van der Waals surface area contributed by atoms with Gasteiger partial charge >= 0.3 is 0 Å². The Morgan fingerprint density at radius 1 is 1.17 bits per heavy atom. The van der Waals surface area contributed by atoms with E-state index in [0.717, 1.165) is 32.2 Å². The van der Waals surface area contributed by atoms with Crippen molar-refractivity contribution in [1.29, 1.82) is 0 Å². The molecular weight excluding hydrogens is 385 g/mol. The minimum Gasteiger partial charge on any atom is -0.325 e. The zero-order chi connectivity index (χ0) is 21.1. The summed E-state index contributed by atoms with van der Waals surface area (Å²) in [5.74, 6) is -1.13. The van der Waals surface area contributed by atoms with Crippen LogP contribution in [0.2, 0.25) is 0 Å². The largest absolute Gasteiger partial charge is 0.325 e. The van der Waals surface area contributed by atoms with Gasteiger partial charge in [0.15, 0.2) is 0 Å². The molecule has 1 aliphatic heterocycles. The molecule has 0 radical (unpaired) electrons. The zero-order valence-corrected chi connectivity index (χ0v) is 17.2. The molecule has 1 aliphatic carbocycles. The number of hydrogen-bond donors (Lipinski definition) is 2. The maximum Gasteiger partial charge on any atom is 0.258 e. The van der Waals surface area contributed by atoms with Gasteiger partial charge < -0.3 is 10.6 Å². The first-order valence-corrected chi connectivity index (χ1v) is 10.7. The second-order valence-corrected chi connectivity index (χ2v) is 8.31. The number of hydrogen-bond acceptors (Lipinski definition) is 4. The van der Waals surface area contributed by atoms with E-state index < -0.39 is 11.7 Å². The summed E-state index contributed by atoms with van der Waals surface area (Å²) in [4.78, 5) is 27.1. The Labute approximate surface area is 175 Å². The number of benzene rings is 1. The average molecular weight is 413 g/mol. The fraction of sp³-hybridized carbons (Fsp3) is 0.500. The summed E-state index contributed by atoms with van der Waals surface area (Å²) in [7, 11) is 0. The molecule has 2 fully saturated rings. The molecule has 1 saturated heterocycles. The predicted molar refractivity (Wildman–Crippen MR) is 113 cm³/mol. The number of likely N-dealkylation sites (tertiary alicyclic amines) is 1. The monoisotopic (exact) mass is 413 g/mol. The summed E-state index contributed by atoms with van der Waals surface area (Å²) >= 11 is 0. The Hall–Kier alpha value is -2.74. The quantitative estimate of drug-likeness (QED) is 0.755. The molecule has 1 saturated carbocycles. The van der Waals surface area contributed by atoms with Crippen molar-refractivity contribution in [3.8, 4) is 0 Å². The summed E-state index contributed by atoms with van der Waals surface area (Å²) in [5.41, 5.74) is 0.863. The number of carbonyl (C=O) groups is 2. The van der Waals surface area contributed by atoms with Crippen LogP contribution in [0.5, 0.6) is 0 Å². The number of nitrogens with one attached hydrogen (secondary N) is 2. The van der Waals surface area contributed by atoms with Gasteiger partial charge in [-0.05, 0) is 63.8 Å². The normalized spacial score (nSPS) is 19.9. The van der Waals surface area contributed by atoms with Crippen LogP contribution >= 0.6 is 0 Å². The van der Waals surface area contributed by atoms with Crippen LogP contribution in [0, 0.1) is 5.82 Å². The lowest BCUT2D eigenvalue weighted by Crippen LogP contribution is -2.42. The summed E-state index contributed by atoms with van der Waals surface area (Å²) in [6.45, 7) is 3.35. The third kappa shape index (κ3) is 4.70. The second kappa shape index (κ2) is 8.95.